The second-order valence-corrected chi connectivity index (χ2v) is 7.28. The lowest BCUT2D eigenvalue weighted by atomic mass is 10.1. The first-order chi connectivity index (χ1) is 13.3. The van der Waals surface area contributed by atoms with E-state index < -0.39 is 11.7 Å². The summed E-state index contributed by atoms with van der Waals surface area (Å²) in [5, 5.41) is 3.01. The number of thiazole rings is 1. The minimum Gasteiger partial charge on any atom is -0.484 e. The number of aromatic nitrogens is 1. The largest absolute Gasteiger partial charge is 0.484 e. The average molecular weight is 406 g/mol. The van der Waals surface area contributed by atoms with Crippen LogP contribution in [0.1, 0.15) is 21.6 Å². The van der Waals surface area contributed by atoms with Gasteiger partial charge in [-0.3, -0.25) is 10.1 Å². The highest BCUT2D eigenvalue weighted by molar-refractivity contribution is 7.15. The van der Waals surface area contributed by atoms with Crippen molar-refractivity contribution in [2.75, 3.05) is 11.9 Å². The molecule has 0 radical (unpaired) electrons. The van der Waals surface area contributed by atoms with E-state index in [4.69, 9.17) is 4.74 Å². The van der Waals surface area contributed by atoms with Gasteiger partial charge in [0.15, 0.2) is 11.7 Å². The molecule has 1 heterocycles. The number of nitrogens with one attached hydrogen (secondary N) is 1. The summed E-state index contributed by atoms with van der Waals surface area (Å²) in [4.78, 5) is 16.8. The molecule has 146 valence electrons. The molecule has 3 rings (SSSR count). The van der Waals surface area contributed by atoms with Crippen molar-refractivity contribution in [1.82, 2.24) is 4.98 Å². The van der Waals surface area contributed by atoms with E-state index in [1.54, 1.807) is 18.3 Å². The molecule has 4 nitrogen and oxygen atoms in total. The van der Waals surface area contributed by atoms with Gasteiger partial charge in [0.1, 0.15) is 5.75 Å². The Morgan fingerprint density at radius 2 is 1.96 bits per heavy atom. The molecule has 0 saturated carbocycles. The summed E-state index contributed by atoms with van der Waals surface area (Å²) in [6.45, 7) is 1.76. The number of ether oxygens (including phenoxy) is 1. The number of hydrogen-bond donors (Lipinski definition) is 1. The van der Waals surface area contributed by atoms with E-state index >= 15 is 0 Å². The topological polar surface area (TPSA) is 51.2 Å². The monoisotopic (exact) mass is 406 g/mol. The number of aryl methyl sites for hydroxylation is 1. The number of carbonyl (C=O) groups excluding carboxylic acids is 1. The number of nitrogens with zero attached hydrogens (tertiary/aromatic N) is 1. The van der Waals surface area contributed by atoms with E-state index in [0.717, 1.165) is 22.6 Å². The Balaban J connectivity index is 1.56. The molecule has 1 N–H and O–H groups in total. The zero-order chi connectivity index (χ0) is 20.1. The van der Waals surface area contributed by atoms with Crippen LogP contribution in [0.5, 0.6) is 5.75 Å². The molecule has 3 aromatic rings. The second-order valence-electron chi connectivity index (χ2n) is 6.16. The third-order valence-corrected chi connectivity index (χ3v) is 4.70. The molecule has 0 aliphatic heterocycles. The Morgan fingerprint density at radius 1 is 1.18 bits per heavy atom. The number of alkyl halides is 3. The van der Waals surface area contributed by atoms with Crippen molar-refractivity contribution in [1.29, 1.82) is 0 Å². The molecule has 2 aromatic carbocycles. The van der Waals surface area contributed by atoms with Gasteiger partial charge >= 0.3 is 6.18 Å². The van der Waals surface area contributed by atoms with Crippen LogP contribution in [0.4, 0.5) is 18.3 Å². The predicted molar refractivity (Wildman–Crippen MR) is 102 cm³/mol. The van der Waals surface area contributed by atoms with E-state index in [2.05, 4.69) is 10.3 Å². The van der Waals surface area contributed by atoms with Crippen LogP contribution in [-0.2, 0) is 17.4 Å². The van der Waals surface area contributed by atoms with Gasteiger partial charge in [-0.2, -0.15) is 13.2 Å². The van der Waals surface area contributed by atoms with Crippen LogP contribution < -0.4 is 10.1 Å². The molecule has 28 heavy (non-hydrogen) atoms. The molecule has 0 bridgehead atoms. The number of amides is 1. The Labute approximate surface area is 164 Å². The highest BCUT2D eigenvalue weighted by atomic mass is 32.1. The van der Waals surface area contributed by atoms with Crippen LogP contribution in [0.15, 0.2) is 54.7 Å². The van der Waals surface area contributed by atoms with E-state index in [0.29, 0.717) is 22.9 Å². The Kier molecular flexibility index (Phi) is 5.99. The predicted octanol–water partition coefficient (Wildman–Crippen LogP) is 5.08. The quantitative estimate of drug-likeness (QED) is 0.621. The molecule has 0 spiro atoms. The second kappa shape index (κ2) is 8.43. The zero-order valence-corrected chi connectivity index (χ0v) is 15.7. The normalized spacial score (nSPS) is 11.3. The summed E-state index contributed by atoms with van der Waals surface area (Å²) in [6, 6.07) is 12.5. The molecule has 8 heteroatoms. The van der Waals surface area contributed by atoms with Crippen LogP contribution in [0.3, 0.4) is 0 Å². The molecule has 0 aliphatic rings. The fourth-order valence-corrected chi connectivity index (χ4v) is 3.38. The van der Waals surface area contributed by atoms with Crippen LogP contribution in [0.2, 0.25) is 0 Å². The van der Waals surface area contributed by atoms with Crippen LogP contribution in [0.25, 0.3) is 0 Å². The number of halogens is 3. The molecule has 0 aliphatic carbocycles. The molecular formula is C20H17F3N2O2S. The molecule has 0 unspecified atom stereocenters. The third kappa shape index (κ3) is 5.56. The fraction of sp³-hybridized carbons (Fsp3) is 0.200. The van der Waals surface area contributed by atoms with Gasteiger partial charge in [-0.15, -0.1) is 11.3 Å². The molecule has 1 aromatic heterocycles. The lowest BCUT2D eigenvalue weighted by Crippen LogP contribution is -2.19. The maximum atomic E-state index is 12.8. The SMILES string of the molecule is Cc1cccc(OCC(=O)Nc2ncc(Cc3cccc(C(F)(F)F)c3)s2)c1. The van der Waals surface area contributed by atoms with Gasteiger partial charge in [0.25, 0.3) is 5.91 Å². The first-order valence-corrected chi connectivity index (χ1v) is 9.21. The summed E-state index contributed by atoms with van der Waals surface area (Å²) in [5.74, 6) is 0.237. The van der Waals surface area contributed by atoms with Gasteiger partial charge in [-0.25, -0.2) is 4.98 Å². The summed E-state index contributed by atoms with van der Waals surface area (Å²) in [6.07, 6.45) is -2.53. The van der Waals surface area contributed by atoms with Crippen molar-refractivity contribution in [3.05, 3.63) is 76.3 Å². The van der Waals surface area contributed by atoms with Crippen molar-refractivity contribution in [2.24, 2.45) is 0 Å². The molecular weight excluding hydrogens is 389 g/mol. The van der Waals surface area contributed by atoms with Gasteiger partial charge in [-0.1, -0.05) is 30.3 Å². The number of rotatable bonds is 6. The lowest BCUT2D eigenvalue weighted by Gasteiger charge is -2.08. The Hall–Kier alpha value is -2.87. The number of benzene rings is 2. The minimum atomic E-state index is -4.37. The maximum Gasteiger partial charge on any atom is 0.416 e. The van der Waals surface area contributed by atoms with Crippen LogP contribution >= 0.6 is 11.3 Å². The minimum absolute atomic E-state index is 0.161. The maximum absolute atomic E-state index is 12.8. The number of carbonyl (C=O) groups is 1. The summed E-state index contributed by atoms with van der Waals surface area (Å²) in [5.41, 5.74) is 0.868. The van der Waals surface area contributed by atoms with E-state index in [-0.39, 0.29) is 12.5 Å². The first kappa shape index (κ1) is 19.9. The van der Waals surface area contributed by atoms with E-state index in [9.17, 15) is 18.0 Å². The van der Waals surface area contributed by atoms with Crippen molar-refractivity contribution >= 4 is 22.4 Å². The Bertz CT molecular complexity index is 970. The average Bonchev–Trinajstić information content (AvgIpc) is 3.06. The number of anilines is 1. The van der Waals surface area contributed by atoms with Gasteiger partial charge in [-0.05, 0) is 36.2 Å². The van der Waals surface area contributed by atoms with Crippen LogP contribution in [-0.4, -0.2) is 17.5 Å². The van der Waals surface area contributed by atoms with Crippen molar-refractivity contribution in [3.63, 3.8) is 0 Å². The van der Waals surface area contributed by atoms with Crippen molar-refractivity contribution < 1.29 is 22.7 Å². The third-order valence-electron chi connectivity index (χ3n) is 3.79. The smallest absolute Gasteiger partial charge is 0.416 e. The molecule has 0 atom stereocenters. The van der Waals surface area contributed by atoms with Crippen LogP contribution in [0, 0.1) is 6.92 Å². The zero-order valence-electron chi connectivity index (χ0n) is 14.9. The van der Waals surface area contributed by atoms with E-state index in [1.807, 2.05) is 25.1 Å². The highest BCUT2D eigenvalue weighted by Crippen LogP contribution is 2.30. The van der Waals surface area contributed by atoms with Crippen molar-refractivity contribution in [3.8, 4) is 5.75 Å². The standard InChI is InChI=1S/C20H17F3N2O2S/c1-13-4-2-7-16(8-13)27-12-18(26)25-19-24-11-17(28-19)10-14-5-3-6-15(9-14)20(21,22)23/h2-9,11H,10,12H2,1H3,(H,24,25,26). The highest BCUT2D eigenvalue weighted by Gasteiger charge is 2.30. The molecule has 0 saturated heterocycles. The van der Waals surface area contributed by atoms with Gasteiger partial charge < -0.3 is 4.74 Å². The fourth-order valence-electron chi connectivity index (χ4n) is 2.52. The number of hydrogen-bond acceptors (Lipinski definition) is 4. The Morgan fingerprint density at radius 3 is 2.71 bits per heavy atom. The lowest BCUT2D eigenvalue weighted by molar-refractivity contribution is -0.137. The van der Waals surface area contributed by atoms with Gasteiger partial charge in [0.05, 0.1) is 5.56 Å². The summed E-state index contributed by atoms with van der Waals surface area (Å²) >= 11 is 1.21. The summed E-state index contributed by atoms with van der Waals surface area (Å²) < 4.78 is 43.8. The first-order valence-electron chi connectivity index (χ1n) is 8.40. The van der Waals surface area contributed by atoms with Gasteiger partial charge in [0.2, 0.25) is 0 Å². The molecule has 1 amide bonds. The van der Waals surface area contributed by atoms with E-state index in [1.165, 1.54) is 17.4 Å². The molecule has 0 fully saturated rings. The summed E-state index contributed by atoms with van der Waals surface area (Å²) in [7, 11) is 0. The van der Waals surface area contributed by atoms with Gasteiger partial charge in [0, 0.05) is 17.5 Å². The van der Waals surface area contributed by atoms with Crippen molar-refractivity contribution in [2.45, 2.75) is 19.5 Å².